The van der Waals surface area contributed by atoms with Crippen LogP contribution in [-0.2, 0) is 0 Å². The molecular weight excluding hydrogens is 260 g/mol. The van der Waals surface area contributed by atoms with E-state index < -0.39 is 5.97 Å². The first-order valence-electron chi connectivity index (χ1n) is 6.58. The molecule has 0 amide bonds. The molecule has 108 valence electrons. The van der Waals surface area contributed by atoms with Gasteiger partial charge in [-0.2, -0.15) is 4.98 Å². The van der Waals surface area contributed by atoms with Crippen molar-refractivity contribution < 1.29 is 19.4 Å². The van der Waals surface area contributed by atoms with Crippen LogP contribution in [-0.4, -0.2) is 34.3 Å². The minimum absolute atomic E-state index is 0.178. The minimum atomic E-state index is -0.990. The molecule has 6 nitrogen and oxygen atoms in total. The summed E-state index contributed by atoms with van der Waals surface area (Å²) < 4.78 is 5.46. The molecule has 2 rings (SSSR count). The largest absolute Gasteiger partial charge is 0.478 e. The molecule has 2 aromatic rings. The third-order valence-electron chi connectivity index (χ3n) is 3.10. The molecule has 0 saturated carbocycles. The van der Waals surface area contributed by atoms with E-state index in [0.717, 1.165) is 12.8 Å². The lowest BCUT2D eigenvalue weighted by Gasteiger charge is -2.06. The number of benzene rings is 1. The van der Waals surface area contributed by atoms with E-state index >= 15 is 0 Å². The van der Waals surface area contributed by atoms with Gasteiger partial charge in [-0.15, -0.1) is 0 Å². The van der Waals surface area contributed by atoms with Gasteiger partial charge in [0.25, 0.3) is 6.01 Å². The molecule has 0 aliphatic carbocycles. The normalized spacial score (nSPS) is 12.5. The lowest BCUT2D eigenvalue weighted by molar-refractivity contribution is 0.0697. The third kappa shape index (κ3) is 3.48. The quantitative estimate of drug-likeness (QED) is 0.673. The van der Waals surface area contributed by atoms with Crippen LogP contribution in [0.4, 0.5) is 6.01 Å². The number of rotatable bonds is 7. The second kappa shape index (κ2) is 6.38. The van der Waals surface area contributed by atoms with Crippen molar-refractivity contribution in [2.75, 3.05) is 18.5 Å². The van der Waals surface area contributed by atoms with E-state index in [1.807, 2.05) is 6.92 Å². The van der Waals surface area contributed by atoms with E-state index in [4.69, 9.17) is 14.6 Å². The van der Waals surface area contributed by atoms with Crippen LogP contribution in [0.2, 0.25) is 0 Å². The molecule has 0 radical (unpaired) electrons. The Morgan fingerprint density at radius 2 is 2.30 bits per heavy atom. The van der Waals surface area contributed by atoms with Gasteiger partial charge in [0.15, 0.2) is 5.58 Å². The first kappa shape index (κ1) is 14.3. The molecule has 0 aliphatic rings. The molecule has 1 heterocycles. The van der Waals surface area contributed by atoms with E-state index in [1.54, 1.807) is 6.07 Å². The van der Waals surface area contributed by atoms with Crippen LogP contribution in [0.3, 0.4) is 0 Å². The second-order valence-electron chi connectivity index (χ2n) is 4.86. The fourth-order valence-electron chi connectivity index (χ4n) is 1.87. The number of aromatic carboxylic acids is 1. The highest BCUT2D eigenvalue weighted by atomic mass is 16.4. The van der Waals surface area contributed by atoms with Gasteiger partial charge in [0.05, 0.1) is 5.56 Å². The number of carboxylic acids is 1. The average molecular weight is 278 g/mol. The summed E-state index contributed by atoms with van der Waals surface area (Å²) >= 11 is 0. The fourth-order valence-corrected chi connectivity index (χ4v) is 1.87. The van der Waals surface area contributed by atoms with Crippen LogP contribution in [0.5, 0.6) is 0 Å². The summed E-state index contributed by atoms with van der Waals surface area (Å²) in [7, 11) is 0. The summed E-state index contributed by atoms with van der Waals surface area (Å²) in [6.07, 6.45) is 1.83. The Kier molecular flexibility index (Phi) is 4.57. The molecule has 1 aromatic carbocycles. The van der Waals surface area contributed by atoms with Gasteiger partial charge in [0, 0.05) is 13.2 Å². The number of hydrogen-bond donors (Lipinski definition) is 3. The molecule has 0 spiro atoms. The number of carbonyl (C=O) groups is 1. The number of carboxylic acid groups (broad SMARTS) is 1. The molecule has 1 atom stereocenters. The zero-order chi connectivity index (χ0) is 14.5. The number of aliphatic hydroxyl groups is 1. The summed E-state index contributed by atoms with van der Waals surface area (Å²) in [6, 6.07) is 4.98. The molecular formula is C14H18N2O4. The van der Waals surface area contributed by atoms with Crippen molar-refractivity contribution in [1.82, 2.24) is 4.98 Å². The Bertz CT molecular complexity index is 594. The molecule has 0 bridgehead atoms. The van der Waals surface area contributed by atoms with Gasteiger partial charge in [0.1, 0.15) is 5.52 Å². The lowest BCUT2D eigenvalue weighted by Crippen LogP contribution is -2.06. The van der Waals surface area contributed by atoms with Crippen LogP contribution >= 0.6 is 0 Å². The number of nitrogens with zero attached hydrogens (tertiary/aromatic N) is 1. The van der Waals surface area contributed by atoms with E-state index in [-0.39, 0.29) is 12.2 Å². The maximum Gasteiger partial charge on any atom is 0.335 e. The van der Waals surface area contributed by atoms with Crippen LogP contribution in [0.25, 0.3) is 11.1 Å². The zero-order valence-corrected chi connectivity index (χ0v) is 11.3. The van der Waals surface area contributed by atoms with Crippen LogP contribution < -0.4 is 5.32 Å². The van der Waals surface area contributed by atoms with Crippen molar-refractivity contribution in [2.24, 2.45) is 5.92 Å². The van der Waals surface area contributed by atoms with Gasteiger partial charge in [-0.3, -0.25) is 0 Å². The Morgan fingerprint density at radius 3 is 3.00 bits per heavy atom. The maximum atomic E-state index is 10.9. The number of aliphatic hydroxyl groups excluding tert-OH is 1. The highest BCUT2D eigenvalue weighted by Crippen LogP contribution is 2.20. The van der Waals surface area contributed by atoms with E-state index in [1.165, 1.54) is 12.1 Å². The maximum absolute atomic E-state index is 10.9. The van der Waals surface area contributed by atoms with Gasteiger partial charge < -0.3 is 19.9 Å². The van der Waals surface area contributed by atoms with Crippen molar-refractivity contribution in [3.8, 4) is 0 Å². The molecule has 0 aliphatic heterocycles. The van der Waals surface area contributed by atoms with Gasteiger partial charge in [0.2, 0.25) is 0 Å². The first-order chi connectivity index (χ1) is 9.60. The SMILES string of the molecule is CC(CO)CCCNc1nc2ccc(C(=O)O)cc2o1. The van der Waals surface area contributed by atoms with E-state index in [0.29, 0.717) is 29.6 Å². The molecule has 0 saturated heterocycles. The Morgan fingerprint density at radius 1 is 1.50 bits per heavy atom. The van der Waals surface area contributed by atoms with E-state index in [2.05, 4.69) is 10.3 Å². The Balaban J connectivity index is 1.96. The number of hydrogen-bond acceptors (Lipinski definition) is 5. The first-order valence-corrected chi connectivity index (χ1v) is 6.58. The van der Waals surface area contributed by atoms with Crippen LogP contribution in [0, 0.1) is 5.92 Å². The van der Waals surface area contributed by atoms with Crippen molar-refractivity contribution in [2.45, 2.75) is 19.8 Å². The molecule has 6 heteroatoms. The average Bonchev–Trinajstić information content (AvgIpc) is 2.84. The number of oxazole rings is 1. The summed E-state index contributed by atoms with van der Waals surface area (Å²) in [5, 5.41) is 20.9. The number of aromatic nitrogens is 1. The van der Waals surface area contributed by atoms with E-state index in [9.17, 15) is 4.79 Å². The Hall–Kier alpha value is -2.08. The molecule has 20 heavy (non-hydrogen) atoms. The van der Waals surface area contributed by atoms with Crippen molar-refractivity contribution in [3.05, 3.63) is 23.8 Å². The summed E-state index contributed by atoms with van der Waals surface area (Å²) in [6.45, 7) is 2.89. The standard InChI is InChI=1S/C14H18N2O4/c1-9(8-17)3-2-6-15-14-16-11-5-4-10(13(18)19)7-12(11)20-14/h4-5,7,9,17H,2-3,6,8H2,1H3,(H,15,16)(H,18,19). The predicted octanol–water partition coefficient (Wildman–Crippen LogP) is 2.35. The third-order valence-corrected chi connectivity index (χ3v) is 3.10. The highest BCUT2D eigenvalue weighted by molar-refractivity contribution is 5.92. The minimum Gasteiger partial charge on any atom is -0.478 e. The van der Waals surface area contributed by atoms with Crippen LogP contribution in [0.1, 0.15) is 30.1 Å². The van der Waals surface area contributed by atoms with Crippen molar-refractivity contribution >= 4 is 23.1 Å². The molecule has 0 fully saturated rings. The lowest BCUT2D eigenvalue weighted by atomic mass is 10.1. The summed E-state index contributed by atoms with van der Waals surface area (Å²) in [4.78, 5) is 15.1. The topological polar surface area (TPSA) is 95.6 Å². The number of anilines is 1. The number of fused-ring (bicyclic) bond motifs is 1. The monoisotopic (exact) mass is 278 g/mol. The van der Waals surface area contributed by atoms with Gasteiger partial charge in [-0.05, 0) is 37.0 Å². The fraction of sp³-hybridized carbons (Fsp3) is 0.429. The van der Waals surface area contributed by atoms with Crippen LogP contribution in [0.15, 0.2) is 22.6 Å². The summed E-state index contributed by atoms with van der Waals surface area (Å²) in [5.74, 6) is -0.700. The molecule has 3 N–H and O–H groups in total. The Labute approximate surface area is 116 Å². The smallest absolute Gasteiger partial charge is 0.335 e. The van der Waals surface area contributed by atoms with Gasteiger partial charge >= 0.3 is 5.97 Å². The molecule has 1 aromatic heterocycles. The van der Waals surface area contributed by atoms with Gasteiger partial charge in [-0.25, -0.2) is 4.79 Å². The van der Waals surface area contributed by atoms with Gasteiger partial charge in [-0.1, -0.05) is 6.92 Å². The summed E-state index contributed by atoms with van der Waals surface area (Å²) in [5.41, 5.74) is 1.26. The predicted molar refractivity (Wildman–Crippen MR) is 74.9 cm³/mol. The van der Waals surface area contributed by atoms with Crippen molar-refractivity contribution in [1.29, 1.82) is 0 Å². The second-order valence-corrected chi connectivity index (χ2v) is 4.86. The number of nitrogens with one attached hydrogen (secondary N) is 1. The molecule has 1 unspecified atom stereocenters. The zero-order valence-electron chi connectivity index (χ0n) is 11.3. The van der Waals surface area contributed by atoms with Crippen molar-refractivity contribution in [3.63, 3.8) is 0 Å². The highest BCUT2D eigenvalue weighted by Gasteiger charge is 2.09.